The number of nitrogens with two attached hydrogens (primary N) is 1. The Kier molecular flexibility index (Phi) is 5.08. The molecule has 1 aliphatic heterocycles. The van der Waals surface area contributed by atoms with Crippen LogP contribution in [0.2, 0.25) is 0 Å². The van der Waals surface area contributed by atoms with E-state index in [1.165, 1.54) is 12.4 Å². The molecule has 132 valence electrons. The van der Waals surface area contributed by atoms with E-state index in [-0.39, 0.29) is 5.82 Å². The van der Waals surface area contributed by atoms with E-state index >= 15 is 0 Å². The van der Waals surface area contributed by atoms with Crippen molar-refractivity contribution in [2.24, 2.45) is 0 Å². The summed E-state index contributed by atoms with van der Waals surface area (Å²) in [6.45, 7) is 2.56. The van der Waals surface area contributed by atoms with Crippen LogP contribution in [0.1, 0.15) is 11.1 Å². The van der Waals surface area contributed by atoms with Gasteiger partial charge in [-0.2, -0.15) is 0 Å². The molecule has 4 N–H and O–H groups in total. The molecule has 1 saturated heterocycles. The van der Waals surface area contributed by atoms with Crippen molar-refractivity contribution in [3.8, 4) is 0 Å². The standard InChI is InChI=1S/C17H21FN6O/c1-20-16-14(17(21-2)23-10-22-16)15(19)11-3-4-13(12(18)9-11)24-5-7-25-8-6-24/h3-4,9-10,19H,5-8H2,1-2H3,(H2,20,21,22,23)/p+1. The van der Waals surface area contributed by atoms with Gasteiger partial charge in [-0.05, 0) is 18.2 Å². The van der Waals surface area contributed by atoms with Gasteiger partial charge in [0.25, 0.3) is 0 Å². The van der Waals surface area contributed by atoms with Crippen LogP contribution in [0.5, 0.6) is 0 Å². The van der Waals surface area contributed by atoms with Crippen LogP contribution in [-0.4, -0.2) is 56.1 Å². The Bertz CT molecular complexity index is 753. The van der Waals surface area contributed by atoms with Crippen LogP contribution in [0.4, 0.5) is 21.7 Å². The molecule has 0 atom stereocenters. The molecule has 0 aliphatic carbocycles. The Labute approximate surface area is 145 Å². The number of hydrogen-bond donors (Lipinski definition) is 3. The lowest BCUT2D eigenvalue weighted by molar-refractivity contribution is -0.111. The minimum absolute atomic E-state index is 0.309. The molecule has 0 saturated carbocycles. The quantitative estimate of drug-likeness (QED) is 0.668. The van der Waals surface area contributed by atoms with E-state index in [1.54, 1.807) is 20.2 Å². The van der Waals surface area contributed by atoms with Gasteiger partial charge in [-0.25, -0.2) is 14.4 Å². The molecule has 2 heterocycles. The average Bonchev–Trinajstić information content (AvgIpc) is 2.67. The fourth-order valence-electron chi connectivity index (χ4n) is 2.90. The monoisotopic (exact) mass is 345 g/mol. The highest BCUT2D eigenvalue weighted by Crippen LogP contribution is 2.25. The van der Waals surface area contributed by atoms with Gasteiger partial charge in [-0.3, -0.25) is 5.41 Å². The number of anilines is 3. The minimum Gasteiger partial charge on any atom is -0.378 e. The summed E-state index contributed by atoms with van der Waals surface area (Å²) in [6.07, 6.45) is 1.44. The summed E-state index contributed by atoms with van der Waals surface area (Å²) < 4.78 is 20.0. The largest absolute Gasteiger partial charge is 0.378 e. The van der Waals surface area contributed by atoms with Crippen LogP contribution in [0, 0.1) is 5.82 Å². The number of ether oxygens (including phenoxy) is 1. The normalized spacial score (nSPS) is 14.3. The molecular weight excluding hydrogens is 323 g/mol. The molecule has 25 heavy (non-hydrogen) atoms. The Morgan fingerprint density at radius 2 is 1.80 bits per heavy atom. The lowest BCUT2D eigenvalue weighted by Gasteiger charge is -2.29. The summed E-state index contributed by atoms with van der Waals surface area (Å²) in [7, 11) is 3.50. The minimum atomic E-state index is -0.309. The number of hydrogen-bond acceptors (Lipinski definition) is 6. The second-order valence-corrected chi connectivity index (χ2v) is 5.63. The highest BCUT2D eigenvalue weighted by molar-refractivity contribution is 6.14. The molecule has 0 radical (unpaired) electrons. The number of aromatic nitrogens is 2. The number of rotatable bonds is 5. The second-order valence-electron chi connectivity index (χ2n) is 5.63. The lowest BCUT2D eigenvalue weighted by Crippen LogP contribution is -2.42. The first-order valence-corrected chi connectivity index (χ1v) is 8.11. The van der Waals surface area contributed by atoms with Crippen LogP contribution >= 0.6 is 0 Å². The van der Waals surface area contributed by atoms with E-state index in [0.29, 0.717) is 60.5 Å². The topological polar surface area (TPSA) is 87.9 Å². The van der Waals surface area contributed by atoms with Gasteiger partial charge in [0.05, 0.1) is 18.9 Å². The first kappa shape index (κ1) is 17.1. The van der Waals surface area contributed by atoms with Crippen molar-refractivity contribution < 1.29 is 14.5 Å². The Morgan fingerprint density at radius 1 is 1.16 bits per heavy atom. The van der Waals surface area contributed by atoms with Crippen molar-refractivity contribution in [3.63, 3.8) is 0 Å². The molecule has 0 bridgehead atoms. The van der Waals surface area contributed by atoms with Crippen LogP contribution in [0.15, 0.2) is 24.5 Å². The molecule has 1 fully saturated rings. The number of nitrogens with one attached hydrogen (secondary N) is 2. The molecule has 3 rings (SSSR count). The predicted molar refractivity (Wildman–Crippen MR) is 95.7 cm³/mol. The van der Waals surface area contributed by atoms with Crippen molar-refractivity contribution in [1.82, 2.24) is 9.97 Å². The second kappa shape index (κ2) is 7.43. The van der Waals surface area contributed by atoms with Gasteiger partial charge in [-0.15, -0.1) is 0 Å². The average molecular weight is 345 g/mol. The molecule has 1 aromatic heterocycles. The first-order chi connectivity index (χ1) is 12.2. The summed E-state index contributed by atoms with van der Waals surface area (Å²) >= 11 is 0. The molecule has 8 heteroatoms. The Morgan fingerprint density at radius 3 is 2.36 bits per heavy atom. The maximum absolute atomic E-state index is 14.7. The van der Waals surface area contributed by atoms with Crippen LogP contribution in [0.3, 0.4) is 0 Å². The predicted octanol–water partition coefficient (Wildman–Crippen LogP) is 0.132. The summed E-state index contributed by atoms with van der Waals surface area (Å²) in [5.41, 5.74) is 2.16. The maximum Gasteiger partial charge on any atom is 0.218 e. The molecule has 1 aromatic carbocycles. The Balaban J connectivity index is 1.95. The van der Waals surface area contributed by atoms with Crippen molar-refractivity contribution in [1.29, 1.82) is 0 Å². The van der Waals surface area contributed by atoms with Crippen molar-refractivity contribution in [3.05, 3.63) is 41.5 Å². The van der Waals surface area contributed by atoms with Gasteiger partial charge < -0.3 is 20.3 Å². The van der Waals surface area contributed by atoms with Crippen LogP contribution < -0.4 is 20.9 Å². The molecular formula is C17H22FN6O+. The molecule has 1 aliphatic rings. The first-order valence-electron chi connectivity index (χ1n) is 8.11. The van der Waals surface area contributed by atoms with E-state index in [0.717, 1.165) is 0 Å². The number of halogens is 1. The smallest absolute Gasteiger partial charge is 0.218 e. The molecule has 0 spiro atoms. The number of nitrogens with zero attached hydrogens (tertiary/aromatic N) is 3. The Hall–Kier alpha value is -2.74. The van der Waals surface area contributed by atoms with Crippen molar-refractivity contribution in [2.45, 2.75) is 0 Å². The zero-order chi connectivity index (χ0) is 17.8. The molecule has 2 aromatic rings. The van der Waals surface area contributed by atoms with Gasteiger partial charge >= 0.3 is 0 Å². The zero-order valence-electron chi connectivity index (χ0n) is 14.3. The SMILES string of the molecule is CNc1ncnc(NC)c1C(=[NH2+])c1ccc(N2CCOCC2)c(F)c1. The fourth-order valence-corrected chi connectivity index (χ4v) is 2.90. The van der Waals surface area contributed by atoms with E-state index < -0.39 is 0 Å². The van der Waals surface area contributed by atoms with Gasteiger partial charge in [0.1, 0.15) is 29.3 Å². The van der Waals surface area contributed by atoms with E-state index in [1.807, 2.05) is 11.0 Å². The highest BCUT2D eigenvalue weighted by atomic mass is 19.1. The third kappa shape index (κ3) is 3.39. The highest BCUT2D eigenvalue weighted by Gasteiger charge is 2.23. The van der Waals surface area contributed by atoms with E-state index in [9.17, 15) is 4.39 Å². The maximum atomic E-state index is 14.7. The summed E-state index contributed by atoms with van der Waals surface area (Å²) in [5, 5.41) is 12.3. The van der Waals surface area contributed by atoms with Gasteiger partial charge in [0.2, 0.25) is 5.71 Å². The van der Waals surface area contributed by atoms with Gasteiger partial charge in [0, 0.05) is 32.7 Å². The third-order valence-corrected chi connectivity index (χ3v) is 4.20. The molecule has 0 amide bonds. The summed E-state index contributed by atoms with van der Waals surface area (Å²) in [6, 6.07) is 5.02. The third-order valence-electron chi connectivity index (χ3n) is 4.20. The summed E-state index contributed by atoms with van der Waals surface area (Å²) in [5.74, 6) is 0.847. The summed E-state index contributed by atoms with van der Waals surface area (Å²) in [4.78, 5) is 10.3. The van der Waals surface area contributed by atoms with E-state index in [2.05, 4.69) is 20.6 Å². The number of morpholine rings is 1. The number of benzene rings is 1. The van der Waals surface area contributed by atoms with Crippen molar-refractivity contribution >= 4 is 23.0 Å². The fraction of sp³-hybridized carbons (Fsp3) is 0.353. The molecule has 0 unspecified atom stereocenters. The van der Waals surface area contributed by atoms with Crippen molar-refractivity contribution in [2.75, 3.05) is 55.9 Å². The van der Waals surface area contributed by atoms with Gasteiger partial charge in [-0.1, -0.05) is 0 Å². The lowest BCUT2D eigenvalue weighted by atomic mass is 10.0. The van der Waals surface area contributed by atoms with Gasteiger partial charge in [0.15, 0.2) is 0 Å². The van der Waals surface area contributed by atoms with E-state index in [4.69, 9.17) is 10.1 Å². The molecule has 7 nitrogen and oxygen atoms in total. The van der Waals surface area contributed by atoms with Crippen LogP contribution in [-0.2, 0) is 4.74 Å². The van der Waals surface area contributed by atoms with Crippen LogP contribution in [0.25, 0.3) is 0 Å². The zero-order valence-corrected chi connectivity index (χ0v) is 14.3.